The number of carbonyl (C=O) groups is 2. The first kappa shape index (κ1) is 31.8. The minimum atomic E-state index is -0.794. The number of pyridine rings is 2. The van der Waals surface area contributed by atoms with Gasteiger partial charge in [0, 0.05) is 59.8 Å². The van der Waals surface area contributed by atoms with E-state index in [1.807, 2.05) is 58.3 Å². The maximum Gasteiger partial charge on any atom is 0.144 e. The number of halogens is 2. The highest BCUT2D eigenvalue weighted by Gasteiger charge is 2.29. The predicted octanol–water partition coefficient (Wildman–Crippen LogP) is 4.52. The third kappa shape index (κ3) is 7.69. The molecule has 2 atom stereocenters. The monoisotopic (exact) mass is 652 g/mol. The summed E-state index contributed by atoms with van der Waals surface area (Å²) in [6.07, 6.45) is 6.40. The van der Waals surface area contributed by atoms with Gasteiger partial charge in [0.2, 0.25) is 0 Å². The molecule has 0 amide bonds. The Kier molecular flexibility index (Phi) is 9.40. The van der Waals surface area contributed by atoms with Crippen molar-refractivity contribution in [3.05, 3.63) is 95.1 Å². The van der Waals surface area contributed by atoms with Crippen LogP contribution in [0.4, 0.5) is 20.2 Å². The van der Waals surface area contributed by atoms with Gasteiger partial charge in [0.25, 0.3) is 0 Å². The van der Waals surface area contributed by atoms with Crippen LogP contribution in [-0.2, 0) is 35.3 Å². The number of rotatable bonds is 12. The minimum Gasteiger partial charge on any atom is -0.365 e. The van der Waals surface area contributed by atoms with Crippen molar-refractivity contribution in [2.45, 2.75) is 75.5 Å². The van der Waals surface area contributed by atoms with Crippen LogP contribution in [0.2, 0.25) is 0 Å². The zero-order valence-electron chi connectivity index (χ0n) is 26.7. The van der Waals surface area contributed by atoms with E-state index < -0.39 is 12.3 Å². The van der Waals surface area contributed by atoms with Crippen molar-refractivity contribution in [2.24, 2.45) is 0 Å². The SMILES string of the molecule is O=C(Cc1cc(N2CC(F)C2)ccn1)Cc1ccc([C@H]2CCC[C@H](c3ccc(CC(=O)Cc4cc(N5CC(F)C5)ccn4)nn3)C2)nn1. The molecule has 0 bridgehead atoms. The Balaban J connectivity index is 0.891. The van der Waals surface area contributed by atoms with E-state index in [9.17, 15) is 18.4 Å². The van der Waals surface area contributed by atoms with E-state index in [4.69, 9.17) is 0 Å². The van der Waals surface area contributed by atoms with Gasteiger partial charge in [-0.1, -0.05) is 6.42 Å². The molecule has 1 saturated carbocycles. The zero-order chi connectivity index (χ0) is 33.0. The molecule has 4 aromatic heterocycles. The molecule has 6 heterocycles. The molecule has 7 rings (SSSR count). The summed E-state index contributed by atoms with van der Waals surface area (Å²) in [5.41, 5.74) is 6.20. The van der Waals surface area contributed by atoms with Crippen LogP contribution in [-0.4, -0.2) is 80.5 Å². The van der Waals surface area contributed by atoms with Crippen molar-refractivity contribution < 1.29 is 18.4 Å². The topological polar surface area (TPSA) is 118 Å². The number of ketones is 2. The molecular formula is C36H38F2N8O2. The van der Waals surface area contributed by atoms with Gasteiger partial charge < -0.3 is 9.80 Å². The molecule has 0 spiro atoms. The number of Topliss-reactive ketones (excluding diaryl/α,β-unsaturated/α-hetero) is 2. The Morgan fingerprint density at radius 1 is 0.604 bits per heavy atom. The van der Waals surface area contributed by atoms with E-state index in [-0.39, 0.29) is 49.1 Å². The number of nitrogens with zero attached hydrogens (tertiary/aromatic N) is 8. The van der Waals surface area contributed by atoms with Crippen LogP contribution in [0.15, 0.2) is 60.9 Å². The first-order valence-corrected chi connectivity index (χ1v) is 16.7. The molecule has 0 unspecified atom stereocenters. The van der Waals surface area contributed by atoms with E-state index in [1.54, 1.807) is 12.4 Å². The predicted molar refractivity (Wildman–Crippen MR) is 176 cm³/mol. The van der Waals surface area contributed by atoms with Crippen molar-refractivity contribution >= 4 is 22.9 Å². The van der Waals surface area contributed by atoms with Gasteiger partial charge in [-0.05, 0) is 67.8 Å². The second-order valence-electron chi connectivity index (χ2n) is 13.3. The molecule has 2 saturated heterocycles. The van der Waals surface area contributed by atoms with Crippen molar-refractivity contribution in [1.82, 2.24) is 30.4 Å². The van der Waals surface area contributed by atoms with Gasteiger partial charge in [0.05, 0.1) is 61.8 Å². The lowest BCUT2D eigenvalue weighted by Gasteiger charge is -2.36. The van der Waals surface area contributed by atoms with Crippen LogP contribution in [0.5, 0.6) is 0 Å². The molecule has 4 aromatic rings. The lowest BCUT2D eigenvalue weighted by Crippen LogP contribution is -2.48. The Morgan fingerprint density at radius 2 is 1.04 bits per heavy atom. The summed E-state index contributed by atoms with van der Waals surface area (Å²) in [6.45, 7) is 1.51. The Labute approximate surface area is 278 Å². The van der Waals surface area contributed by atoms with Crippen molar-refractivity contribution in [1.29, 1.82) is 0 Å². The average Bonchev–Trinajstić information content (AvgIpc) is 3.06. The van der Waals surface area contributed by atoms with Crippen LogP contribution >= 0.6 is 0 Å². The number of hydrogen-bond donors (Lipinski definition) is 0. The molecule has 3 fully saturated rings. The van der Waals surface area contributed by atoms with Gasteiger partial charge >= 0.3 is 0 Å². The van der Waals surface area contributed by atoms with Gasteiger partial charge in [0.15, 0.2) is 0 Å². The van der Waals surface area contributed by atoms with E-state index in [0.717, 1.165) is 48.4 Å². The molecule has 3 aliphatic rings. The summed E-state index contributed by atoms with van der Waals surface area (Å²) in [5.74, 6) is 0.467. The van der Waals surface area contributed by atoms with E-state index >= 15 is 0 Å². The highest BCUT2D eigenvalue weighted by atomic mass is 19.1. The van der Waals surface area contributed by atoms with Crippen LogP contribution < -0.4 is 9.80 Å². The molecule has 0 N–H and O–H groups in total. The molecule has 248 valence electrons. The Hall–Kier alpha value is -4.74. The largest absolute Gasteiger partial charge is 0.365 e. The summed E-state index contributed by atoms with van der Waals surface area (Å²) >= 11 is 0. The van der Waals surface area contributed by atoms with Crippen molar-refractivity contribution in [3.63, 3.8) is 0 Å². The Morgan fingerprint density at radius 3 is 1.44 bits per heavy atom. The zero-order valence-corrected chi connectivity index (χ0v) is 26.7. The van der Waals surface area contributed by atoms with E-state index in [0.29, 0.717) is 49.0 Å². The molecule has 0 radical (unpaired) electrons. The number of hydrogen-bond acceptors (Lipinski definition) is 10. The fourth-order valence-corrected chi connectivity index (χ4v) is 6.81. The van der Waals surface area contributed by atoms with Gasteiger partial charge in [-0.15, -0.1) is 0 Å². The highest BCUT2D eigenvalue weighted by molar-refractivity contribution is 5.83. The Bertz CT molecular complexity index is 1620. The number of aromatic nitrogens is 6. The second-order valence-corrected chi connectivity index (χ2v) is 13.3. The average molecular weight is 653 g/mol. The third-order valence-electron chi connectivity index (χ3n) is 9.51. The summed E-state index contributed by atoms with van der Waals surface area (Å²) < 4.78 is 26.5. The van der Waals surface area contributed by atoms with Gasteiger partial charge in [-0.25, -0.2) is 8.78 Å². The summed E-state index contributed by atoms with van der Waals surface area (Å²) in [7, 11) is 0. The first-order valence-electron chi connectivity index (χ1n) is 16.7. The first-order chi connectivity index (χ1) is 23.3. The number of alkyl halides is 2. The van der Waals surface area contributed by atoms with E-state index in [1.165, 1.54) is 0 Å². The van der Waals surface area contributed by atoms with E-state index in [2.05, 4.69) is 30.4 Å². The van der Waals surface area contributed by atoms with Crippen molar-refractivity contribution in [3.8, 4) is 0 Å². The lowest BCUT2D eigenvalue weighted by atomic mass is 9.78. The fraction of sp³-hybridized carbons (Fsp3) is 0.444. The molecule has 1 aliphatic carbocycles. The van der Waals surface area contributed by atoms with Crippen molar-refractivity contribution in [2.75, 3.05) is 36.0 Å². The van der Waals surface area contributed by atoms with Gasteiger partial charge in [-0.3, -0.25) is 19.6 Å². The van der Waals surface area contributed by atoms with Gasteiger partial charge in [0.1, 0.15) is 23.9 Å². The summed E-state index contributed by atoms with van der Waals surface area (Å²) in [4.78, 5) is 38.1. The van der Waals surface area contributed by atoms with Crippen LogP contribution in [0.1, 0.15) is 71.7 Å². The molecule has 12 heteroatoms. The maximum absolute atomic E-state index is 13.2. The quantitative estimate of drug-likeness (QED) is 0.216. The molecular weight excluding hydrogens is 614 g/mol. The molecule has 2 aliphatic heterocycles. The smallest absolute Gasteiger partial charge is 0.144 e. The summed E-state index contributed by atoms with van der Waals surface area (Å²) in [5, 5.41) is 17.8. The van der Waals surface area contributed by atoms with Gasteiger partial charge in [-0.2, -0.15) is 20.4 Å². The molecule has 10 nitrogen and oxygen atoms in total. The number of carbonyl (C=O) groups excluding carboxylic acids is 2. The second kappa shape index (κ2) is 14.2. The summed E-state index contributed by atoms with van der Waals surface area (Å²) in [6, 6.07) is 15.1. The number of anilines is 2. The minimum absolute atomic E-state index is 0.000545. The highest BCUT2D eigenvalue weighted by Crippen LogP contribution is 2.40. The third-order valence-corrected chi connectivity index (χ3v) is 9.51. The maximum atomic E-state index is 13.2. The lowest BCUT2D eigenvalue weighted by molar-refractivity contribution is -0.118. The van der Waals surface area contributed by atoms with Crippen LogP contribution in [0, 0.1) is 0 Å². The van der Waals surface area contributed by atoms with Crippen LogP contribution in [0.25, 0.3) is 0 Å². The normalized spacial score (nSPS) is 19.9. The standard InChI is InChI=1S/C36H38F2N8O2/c37-25-19-45(20-25)31-8-10-39-29(13-31)17-33(47)15-27-4-6-35(43-41-27)23-2-1-3-24(12-23)36-7-5-28(42-44-36)16-34(48)18-30-14-32(9-11-40-30)46-21-26(38)22-46/h4-11,13-14,23-26H,1-3,12,15-22H2/t23-,24-/m0/s1. The molecule has 0 aromatic carbocycles. The fourth-order valence-electron chi connectivity index (χ4n) is 6.81. The molecule has 48 heavy (non-hydrogen) atoms. The van der Waals surface area contributed by atoms with Crippen LogP contribution in [0.3, 0.4) is 0 Å².